The minimum absolute atomic E-state index is 0.0831. The molecule has 1 saturated heterocycles. The molecule has 1 amide bonds. The van der Waals surface area contributed by atoms with Crippen molar-refractivity contribution in [2.24, 2.45) is 5.92 Å². The summed E-state index contributed by atoms with van der Waals surface area (Å²) in [6.07, 6.45) is 2.15. The Labute approximate surface area is 144 Å². The molecule has 24 heavy (non-hydrogen) atoms. The van der Waals surface area contributed by atoms with Crippen molar-refractivity contribution >= 4 is 24.2 Å². The lowest BCUT2D eigenvalue weighted by Crippen LogP contribution is -2.41. The lowest BCUT2D eigenvalue weighted by atomic mass is 9.76. The lowest BCUT2D eigenvalue weighted by Gasteiger charge is -2.32. The summed E-state index contributed by atoms with van der Waals surface area (Å²) in [5.41, 5.74) is 2.76. The van der Waals surface area contributed by atoms with Crippen LogP contribution in [0.1, 0.15) is 46.1 Å². The Morgan fingerprint density at radius 3 is 2.29 bits per heavy atom. The normalized spacial score (nSPS) is 21.6. The summed E-state index contributed by atoms with van der Waals surface area (Å²) in [5, 5.41) is 2.93. The second-order valence-electron chi connectivity index (χ2n) is 7.91. The van der Waals surface area contributed by atoms with Gasteiger partial charge in [0.15, 0.2) is 0 Å². The molecular formula is C19H26BNO3. The van der Waals surface area contributed by atoms with Crippen molar-refractivity contribution in [2.45, 2.75) is 58.7 Å². The van der Waals surface area contributed by atoms with Gasteiger partial charge < -0.3 is 14.6 Å². The monoisotopic (exact) mass is 327 g/mol. The Hall–Kier alpha value is -1.59. The first kappa shape index (κ1) is 17.2. The van der Waals surface area contributed by atoms with E-state index in [2.05, 4.69) is 11.9 Å². The van der Waals surface area contributed by atoms with Crippen molar-refractivity contribution in [2.75, 3.05) is 5.32 Å². The zero-order chi connectivity index (χ0) is 17.7. The van der Waals surface area contributed by atoms with Crippen molar-refractivity contribution in [1.29, 1.82) is 0 Å². The fourth-order valence-corrected chi connectivity index (χ4v) is 2.82. The molecule has 128 valence electrons. The summed E-state index contributed by atoms with van der Waals surface area (Å²) >= 11 is 0. The highest BCUT2D eigenvalue weighted by Gasteiger charge is 2.52. The van der Waals surface area contributed by atoms with Gasteiger partial charge in [-0.2, -0.15) is 0 Å². The van der Waals surface area contributed by atoms with Gasteiger partial charge in [0, 0.05) is 11.3 Å². The van der Waals surface area contributed by atoms with Gasteiger partial charge in [-0.3, -0.25) is 4.79 Å². The van der Waals surface area contributed by atoms with E-state index in [-0.39, 0.29) is 24.2 Å². The van der Waals surface area contributed by atoms with E-state index in [9.17, 15) is 4.79 Å². The second-order valence-corrected chi connectivity index (χ2v) is 7.91. The molecule has 1 N–H and O–H groups in total. The van der Waals surface area contributed by atoms with Crippen LogP contribution in [0.2, 0.25) is 0 Å². The zero-order valence-corrected chi connectivity index (χ0v) is 15.2. The van der Waals surface area contributed by atoms with Crippen LogP contribution in [0.5, 0.6) is 0 Å². The molecule has 4 nitrogen and oxygen atoms in total. The van der Waals surface area contributed by atoms with E-state index >= 15 is 0 Å². The average Bonchev–Trinajstić information content (AvgIpc) is 3.26. The highest BCUT2D eigenvalue weighted by molar-refractivity contribution is 6.62. The van der Waals surface area contributed by atoms with Crippen LogP contribution in [-0.2, 0) is 14.1 Å². The molecular weight excluding hydrogens is 301 g/mol. The average molecular weight is 327 g/mol. The predicted octanol–water partition coefficient (Wildman–Crippen LogP) is 3.20. The summed E-state index contributed by atoms with van der Waals surface area (Å²) in [4.78, 5) is 12.2. The van der Waals surface area contributed by atoms with Crippen LogP contribution in [0.15, 0.2) is 30.4 Å². The summed E-state index contributed by atoms with van der Waals surface area (Å²) < 4.78 is 12.2. The van der Waals surface area contributed by atoms with E-state index in [1.165, 1.54) is 0 Å². The van der Waals surface area contributed by atoms with Gasteiger partial charge in [0.2, 0.25) is 0 Å². The predicted molar refractivity (Wildman–Crippen MR) is 97.4 cm³/mol. The fraction of sp³-hybridized carbons (Fsp3) is 0.526. The van der Waals surface area contributed by atoms with E-state index in [0.717, 1.165) is 29.6 Å². The fourth-order valence-electron chi connectivity index (χ4n) is 2.82. The quantitative estimate of drug-likeness (QED) is 0.682. The Morgan fingerprint density at radius 1 is 1.21 bits per heavy atom. The number of carbonyl (C=O) groups is 1. The van der Waals surface area contributed by atoms with Crippen molar-refractivity contribution in [3.05, 3.63) is 35.9 Å². The Bertz CT molecular complexity index is 676. The number of aryl methyl sites for hydroxylation is 1. The van der Waals surface area contributed by atoms with Crippen molar-refractivity contribution in [3.8, 4) is 0 Å². The molecule has 0 atom stereocenters. The molecule has 2 fully saturated rings. The molecule has 1 aliphatic heterocycles. The third-order valence-electron chi connectivity index (χ3n) is 5.40. The summed E-state index contributed by atoms with van der Waals surface area (Å²) in [6, 6.07) is 5.82. The summed E-state index contributed by atoms with van der Waals surface area (Å²) in [6.45, 7) is 14.1. The first-order valence-corrected chi connectivity index (χ1v) is 8.57. The molecule has 1 saturated carbocycles. The first-order valence-electron chi connectivity index (χ1n) is 8.57. The number of hydrogen-bond donors (Lipinski definition) is 1. The van der Waals surface area contributed by atoms with Crippen molar-refractivity contribution in [3.63, 3.8) is 0 Å². The minimum atomic E-state index is -0.388. The van der Waals surface area contributed by atoms with E-state index in [1.807, 2.05) is 52.8 Å². The molecule has 3 rings (SSSR count). The van der Waals surface area contributed by atoms with Crippen molar-refractivity contribution < 1.29 is 14.1 Å². The smallest absolute Gasteiger partial charge is 0.399 e. The lowest BCUT2D eigenvalue weighted by molar-refractivity contribution is -0.113. The van der Waals surface area contributed by atoms with Gasteiger partial charge in [0.25, 0.3) is 5.91 Å². The van der Waals surface area contributed by atoms with Gasteiger partial charge in [0.05, 0.1) is 11.2 Å². The topological polar surface area (TPSA) is 47.6 Å². The van der Waals surface area contributed by atoms with Crippen LogP contribution in [0.4, 0.5) is 5.69 Å². The number of benzene rings is 1. The van der Waals surface area contributed by atoms with E-state index in [4.69, 9.17) is 9.31 Å². The van der Waals surface area contributed by atoms with Crippen LogP contribution in [0.25, 0.3) is 0 Å². The maximum atomic E-state index is 12.2. The molecule has 1 heterocycles. The SMILES string of the molecule is C=C(C(=O)Nc1ccc(B2OC(C)(C)C(C)(C)O2)c(C)c1)C1CC1. The number of hydrogen-bond acceptors (Lipinski definition) is 3. The number of carbonyl (C=O) groups excluding carboxylic acids is 1. The highest BCUT2D eigenvalue weighted by atomic mass is 16.7. The second kappa shape index (κ2) is 5.75. The summed E-state index contributed by atoms with van der Waals surface area (Å²) in [7, 11) is -0.388. The number of anilines is 1. The summed E-state index contributed by atoms with van der Waals surface area (Å²) in [5.74, 6) is 0.287. The Morgan fingerprint density at radius 2 is 1.79 bits per heavy atom. The number of nitrogens with one attached hydrogen (secondary N) is 1. The van der Waals surface area contributed by atoms with Crippen LogP contribution in [-0.4, -0.2) is 24.2 Å². The molecule has 0 spiro atoms. The van der Waals surface area contributed by atoms with E-state index < -0.39 is 0 Å². The molecule has 0 radical (unpaired) electrons. The largest absolute Gasteiger partial charge is 0.495 e. The number of amides is 1. The van der Waals surface area contributed by atoms with Crippen molar-refractivity contribution in [1.82, 2.24) is 0 Å². The molecule has 2 aliphatic rings. The maximum absolute atomic E-state index is 12.2. The molecule has 1 aromatic rings. The highest BCUT2D eigenvalue weighted by Crippen LogP contribution is 2.37. The van der Waals surface area contributed by atoms with Gasteiger partial charge >= 0.3 is 7.12 Å². The van der Waals surface area contributed by atoms with Gasteiger partial charge in [-0.05, 0) is 76.5 Å². The van der Waals surface area contributed by atoms with Crippen LogP contribution in [0, 0.1) is 12.8 Å². The molecule has 1 aliphatic carbocycles. The maximum Gasteiger partial charge on any atom is 0.495 e. The minimum Gasteiger partial charge on any atom is -0.399 e. The molecule has 0 unspecified atom stereocenters. The van der Waals surface area contributed by atoms with Gasteiger partial charge in [-0.25, -0.2) is 0 Å². The Balaban J connectivity index is 1.73. The molecule has 1 aromatic carbocycles. The van der Waals surface area contributed by atoms with Gasteiger partial charge in [-0.15, -0.1) is 0 Å². The standard InChI is InChI=1S/C19H26BNO3/c1-12-11-15(21-17(22)13(2)14-7-8-14)9-10-16(12)20-23-18(3,4)19(5,6)24-20/h9-11,14H,2,7-8H2,1,3-6H3,(H,21,22). The molecule has 0 aromatic heterocycles. The third kappa shape index (κ3) is 3.15. The van der Waals surface area contributed by atoms with E-state index in [0.29, 0.717) is 11.5 Å². The zero-order valence-electron chi connectivity index (χ0n) is 15.2. The Kier molecular flexibility index (Phi) is 4.13. The van der Waals surface area contributed by atoms with Crippen LogP contribution < -0.4 is 10.8 Å². The van der Waals surface area contributed by atoms with Crippen LogP contribution >= 0.6 is 0 Å². The number of rotatable bonds is 4. The van der Waals surface area contributed by atoms with E-state index in [1.54, 1.807) is 0 Å². The molecule has 0 bridgehead atoms. The third-order valence-corrected chi connectivity index (χ3v) is 5.40. The van der Waals surface area contributed by atoms with Gasteiger partial charge in [0.1, 0.15) is 0 Å². The molecule has 5 heteroatoms. The van der Waals surface area contributed by atoms with Gasteiger partial charge in [-0.1, -0.05) is 12.6 Å². The van der Waals surface area contributed by atoms with Crippen LogP contribution in [0.3, 0.4) is 0 Å². The first-order chi connectivity index (χ1) is 11.1.